The molecular formula is C15H22BrNO2. The Hall–Kier alpha value is -0.870. The number of hydrogen-bond acceptors (Lipinski definition) is 3. The summed E-state index contributed by atoms with van der Waals surface area (Å²) in [5.41, 5.74) is 6.55. The van der Waals surface area contributed by atoms with Crippen molar-refractivity contribution in [1.82, 2.24) is 0 Å². The van der Waals surface area contributed by atoms with Gasteiger partial charge in [-0.05, 0) is 39.2 Å². The average molecular weight is 328 g/mol. The van der Waals surface area contributed by atoms with E-state index in [-0.39, 0.29) is 16.8 Å². The summed E-state index contributed by atoms with van der Waals surface area (Å²) in [5.74, 6) is -0.577. The zero-order chi connectivity index (χ0) is 14.5. The van der Waals surface area contributed by atoms with E-state index in [0.29, 0.717) is 6.42 Å². The van der Waals surface area contributed by atoms with Crippen molar-refractivity contribution in [2.45, 2.75) is 44.2 Å². The van der Waals surface area contributed by atoms with Gasteiger partial charge in [-0.25, -0.2) is 0 Å². The van der Waals surface area contributed by atoms with Gasteiger partial charge in [0, 0.05) is 0 Å². The lowest BCUT2D eigenvalue weighted by atomic mass is 9.99. The van der Waals surface area contributed by atoms with E-state index >= 15 is 0 Å². The molecule has 106 valence electrons. The summed E-state index contributed by atoms with van der Waals surface area (Å²) in [6.45, 7) is 5.58. The van der Waals surface area contributed by atoms with Crippen LogP contribution in [0.3, 0.4) is 0 Å². The molecule has 0 bridgehead atoms. The first-order valence-electron chi connectivity index (χ1n) is 6.46. The van der Waals surface area contributed by atoms with Crippen molar-refractivity contribution in [3.05, 3.63) is 35.9 Å². The molecule has 2 unspecified atom stereocenters. The maximum atomic E-state index is 12.1. The first-order chi connectivity index (χ1) is 8.79. The van der Waals surface area contributed by atoms with Gasteiger partial charge >= 0.3 is 5.97 Å². The number of rotatable bonds is 5. The lowest BCUT2D eigenvalue weighted by Gasteiger charge is -2.25. The number of nitrogens with two attached hydrogens (primary N) is 1. The van der Waals surface area contributed by atoms with Gasteiger partial charge in [-0.1, -0.05) is 46.3 Å². The molecule has 0 spiro atoms. The normalized spacial score (nSPS) is 14.8. The first-order valence-corrected chi connectivity index (χ1v) is 7.37. The highest BCUT2D eigenvalue weighted by Gasteiger charge is 2.28. The minimum absolute atomic E-state index is 0.243. The molecule has 0 aliphatic heterocycles. The van der Waals surface area contributed by atoms with E-state index in [2.05, 4.69) is 15.9 Å². The minimum Gasteiger partial charge on any atom is -0.460 e. The van der Waals surface area contributed by atoms with E-state index in [9.17, 15) is 4.79 Å². The molecule has 1 rings (SSSR count). The Labute approximate surface area is 123 Å². The first kappa shape index (κ1) is 16.2. The Bertz CT molecular complexity index is 398. The van der Waals surface area contributed by atoms with Gasteiger partial charge in [0.25, 0.3) is 0 Å². The van der Waals surface area contributed by atoms with Gasteiger partial charge in [0.15, 0.2) is 0 Å². The van der Waals surface area contributed by atoms with Crippen molar-refractivity contribution in [3.63, 3.8) is 0 Å². The molecule has 2 atom stereocenters. The lowest BCUT2D eigenvalue weighted by Crippen LogP contribution is -2.36. The molecule has 0 saturated carbocycles. The molecule has 0 aliphatic rings. The molecule has 0 aromatic heterocycles. The zero-order valence-electron chi connectivity index (χ0n) is 11.7. The second-order valence-electron chi connectivity index (χ2n) is 5.61. The van der Waals surface area contributed by atoms with Crippen molar-refractivity contribution >= 4 is 21.9 Å². The van der Waals surface area contributed by atoms with Gasteiger partial charge in [0.1, 0.15) is 5.60 Å². The Kier molecular flexibility index (Phi) is 6.01. The molecule has 0 fully saturated rings. The second-order valence-corrected chi connectivity index (χ2v) is 6.67. The fourth-order valence-electron chi connectivity index (χ4n) is 1.75. The van der Waals surface area contributed by atoms with Gasteiger partial charge < -0.3 is 10.5 Å². The highest BCUT2D eigenvalue weighted by atomic mass is 79.9. The Morgan fingerprint density at radius 2 is 1.89 bits per heavy atom. The minimum atomic E-state index is -0.482. The van der Waals surface area contributed by atoms with E-state index in [1.54, 1.807) is 0 Å². The number of hydrogen-bond donors (Lipinski definition) is 1. The van der Waals surface area contributed by atoms with Crippen LogP contribution in [0.15, 0.2) is 30.3 Å². The summed E-state index contributed by atoms with van der Waals surface area (Å²) in [6, 6.07) is 10.1. The number of ether oxygens (including phenoxy) is 1. The summed E-state index contributed by atoms with van der Waals surface area (Å²) in [5, 5.41) is 0. The van der Waals surface area contributed by atoms with Gasteiger partial charge in [0.2, 0.25) is 0 Å². The lowest BCUT2D eigenvalue weighted by molar-refractivity contribution is -0.160. The Balaban J connectivity index is 2.61. The maximum absolute atomic E-state index is 12.1. The molecule has 0 radical (unpaired) electrons. The smallest absolute Gasteiger partial charge is 0.311 e. The van der Waals surface area contributed by atoms with Crippen LogP contribution >= 0.6 is 15.9 Å². The molecule has 1 aromatic rings. The predicted molar refractivity (Wildman–Crippen MR) is 81.0 cm³/mol. The van der Waals surface area contributed by atoms with Crippen LogP contribution in [0.5, 0.6) is 0 Å². The van der Waals surface area contributed by atoms with E-state index in [4.69, 9.17) is 10.5 Å². The van der Waals surface area contributed by atoms with Crippen LogP contribution in [0.4, 0.5) is 0 Å². The molecule has 0 amide bonds. The SMILES string of the molecule is CC(C)(C)OC(=O)C(CCc1ccccc1)C(N)Br. The zero-order valence-corrected chi connectivity index (χ0v) is 13.3. The van der Waals surface area contributed by atoms with Crippen LogP contribution in [-0.4, -0.2) is 16.5 Å². The fraction of sp³-hybridized carbons (Fsp3) is 0.533. The number of carbonyl (C=O) groups is 1. The third kappa shape index (κ3) is 6.21. The molecule has 19 heavy (non-hydrogen) atoms. The van der Waals surface area contributed by atoms with Crippen LogP contribution in [0.2, 0.25) is 0 Å². The van der Waals surface area contributed by atoms with Gasteiger partial charge in [-0.2, -0.15) is 0 Å². The topological polar surface area (TPSA) is 52.3 Å². The number of carbonyl (C=O) groups excluding carboxylic acids is 1. The molecule has 0 saturated heterocycles. The van der Waals surface area contributed by atoms with Gasteiger partial charge in [-0.15, -0.1) is 0 Å². The van der Waals surface area contributed by atoms with Crippen molar-refractivity contribution in [3.8, 4) is 0 Å². The molecule has 2 N–H and O–H groups in total. The van der Waals surface area contributed by atoms with Crippen LogP contribution in [-0.2, 0) is 16.0 Å². The van der Waals surface area contributed by atoms with Crippen molar-refractivity contribution in [2.75, 3.05) is 0 Å². The molecule has 0 heterocycles. The van der Waals surface area contributed by atoms with Crippen LogP contribution < -0.4 is 5.73 Å². The summed E-state index contributed by atoms with van der Waals surface area (Å²) < 4.78 is 5.40. The standard InChI is InChI=1S/C15H22BrNO2/c1-15(2,3)19-14(18)12(13(16)17)10-9-11-7-5-4-6-8-11/h4-8,12-13H,9-10,17H2,1-3H3. The third-order valence-electron chi connectivity index (χ3n) is 2.68. The molecule has 0 aliphatic carbocycles. The molecular weight excluding hydrogens is 306 g/mol. The summed E-state index contributed by atoms with van der Waals surface area (Å²) in [6.07, 6.45) is 1.48. The van der Waals surface area contributed by atoms with Crippen molar-refractivity contribution < 1.29 is 9.53 Å². The van der Waals surface area contributed by atoms with Crippen molar-refractivity contribution in [2.24, 2.45) is 11.7 Å². The highest BCUT2D eigenvalue weighted by molar-refractivity contribution is 9.09. The fourth-order valence-corrected chi connectivity index (χ4v) is 2.23. The average Bonchev–Trinajstić information content (AvgIpc) is 2.27. The van der Waals surface area contributed by atoms with E-state index in [0.717, 1.165) is 6.42 Å². The summed E-state index contributed by atoms with van der Waals surface area (Å²) in [4.78, 5) is 11.7. The van der Waals surface area contributed by atoms with E-state index in [1.165, 1.54) is 5.56 Å². The quantitative estimate of drug-likeness (QED) is 0.513. The van der Waals surface area contributed by atoms with Crippen LogP contribution in [0, 0.1) is 5.92 Å². The largest absolute Gasteiger partial charge is 0.460 e. The molecule has 1 aromatic carbocycles. The number of esters is 1. The number of alkyl halides is 1. The van der Waals surface area contributed by atoms with Crippen molar-refractivity contribution in [1.29, 1.82) is 0 Å². The number of aryl methyl sites for hydroxylation is 1. The monoisotopic (exact) mass is 327 g/mol. The number of halogens is 1. The second kappa shape index (κ2) is 7.06. The third-order valence-corrected chi connectivity index (χ3v) is 3.32. The maximum Gasteiger partial charge on any atom is 0.311 e. The Morgan fingerprint density at radius 3 is 2.37 bits per heavy atom. The molecule has 4 heteroatoms. The summed E-state index contributed by atoms with van der Waals surface area (Å²) >= 11 is 3.30. The highest BCUT2D eigenvalue weighted by Crippen LogP contribution is 2.20. The summed E-state index contributed by atoms with van der Waals surface area (Å²) in [7, 11) is 0. The predicted octanol–water partition coefficient (Wildman–Crippen LogP) is 3.26. The van der Waals surface area contributed by atoms with Crippen LogP contribution in [0.1, 0.15) is 32.8 Å². The number of benzene rings is 1. The van der Waals surface area contributed by atoms with E-state index in [1.807, 2.05) is 51.1 Å². The van der Waals surface area contributed by atoms with Crippen LogP contribution in [0.25, 0.3) is 0 Å². The van der Waals surface area contributed by atoms with Gasteiger partial charge in [-0.3, -0.25) is 4.79 Å². The van der Waals surface area contributed by atoms with E-state index < -0.39 is 5.60 Å². The Morgan fingerprint density at radius 1 is 1.32 bits per heavy atom. The molecule has 3 nitrogen and oxygen atoms in total. The van der Waals surface area contributed by atoms with Gasteiger partial charge in [0.05, 0.1) is 10.9 Å².